The number of rotatable bonds is 4. The molecule has 96 valence electrons. The fraction of sp³-hybridized carbons (Fsp3) is 0.692. The minimum atomic E-state index is -0.763. The standard InChI is InChI=1S/C13H22N2O2/c1-5-7-9-15-11(16)10(8-6-2)14-12(17)13(15,3)4/h5,7,10H,6,8-9H2,1-4H3,(H,14,17)/b7-5+. The van der Waals surface area contributed by atoms with Crippen molar-refractivity contribution in [2.45, 2.75) is 52.1 Å². The van der Waals surface area contributed by atoms with Crippen molar-refractivity contribution < 1.29 is 9.59 Å². The number of amides is 2. The molecule has 1 unspecified atom stereocenters. The van der Waals surface area contributed by atoms with Gasteiger partial charge in [-0.2, -0.15) is 0 Å². The summed E-state index contributed by atoms with van der Waals surface area (Å²) in [6.07, 6.45) is 5.38. The molecule has 4 heteroatoms. The second kappa shape index (κ2) is 5.34. The molecule has 1 aliphatic heterocycles. The lowest BCUT2D eigenvalue weighted by molar-refractivity contribution is -0.154. The predicted octanol–water partition coefficient (Wildman–Crippen LogP) is 1.47. The van der Waals surface area contributed by atoms with Gasteiger partial charge in [-0.3, -0.25) is 9.59 Å². The van der Waals surface area contributed by atoms with E-state index in [1.807, 2.05) is 26.0 Å². The normalized spacial score (nSPS) is 24.2. The minimum absolute atomic E-state index is 0.0227. The van der Waals surface area contributed by atoms with Gasteiger partial charge in [-0.25, -0.2) is 0 Å². The van der Waals surface area contributed by atoms with Gasteiger partial charge in [-0.05, 0) is 27.2 Å². The fourth-order valence-corrected chi connectivity index (χ4v) is 2.00. The highest BCUT2D eigenvalue weighted by Gasteiger charge is 2.45. The van der Waals surface area contributed by atoms with Gasteiger partial charge in [0.2, 0.25) is 11.8 Å². The second-order valence-electron chi connectivity index (χ2n) is 4.89. The highest BCUT2D eigenvalue weighted by atomic mass is 16.2. The summed E-state index contributed by atoms with van der Waals surface area (Å²) in [7, 11) is 0. The van der Waals surface area contributed by atoms with Crippen LogP contribution in [0.2, 0.25) is 0 Å². The molecule has 0 bridgehead atoms. The van der Waals surface area contributed by atoms with Crippen LogP contribution < -0.4 is 5.32 Å². The number of allylic oxidation sites excluding steroid dienone is 1. The molecular formula is C13H22N2O2. The maximum Gasteiger partial charge on any atom is 0.246 e. The highest BCUT2D eigenvalue weighted by Crippen LogP contribution is 2.22. The molecule has 0 radical (unpaired) electrons. The van der Waals surface area contributed by atoms with Crippen LogP contribution in [0.25, 0.3) is 0 Å². The summed E-state index contributed by atoms with van der Waals surface area (Å²) in [5, 5.41) is 2.81. The summed E-state index contributed by atoms with van der Waals surface area (Å²) in [4.78, 5) is 25.9. The van der Waals surface area contributed by atoms with Crippen molar-refractivity contribution in [2.75, 3.05) is 6.54 Å². The summed E-state index contributed by atoms with van der Waals surface area (Å²) in [5.74, 6) is -0.0467. The molecule has 1 N–H and O–H groups in total. The zero-order valence-corrected chi connectivity index (χ0v) is 11.1. The quantitative estimate of drug-likeness (QED) is 0.754. The van der Waals surface area contributed by atoms with Crippen LogP contribution in [0.1, 0.15) is 40.5 Å². The largest absolute Gasteiger partial charge is 0.342 e. The van der Waals surface area contributed by atoms with Crippen LogP contribution in [-0.4, -0.2) is 34.8 Å². The maximum atomic E-state index is 12.3. The van der Waals surface area contributed by atoms with Crippen molar-refractivity contribution in [3.05, 3.63) is 12.2 Å². The first-order chi connectivity index (χ1) is 7.95. The van der Waals surface area contributed by atoms with Gasteiger partial charge in [0.15, 0.2) is 0 Å². The van der Waals surface area contributed by atoms with Crippen LogP contribution in [-0.2, 0) is 9.59 Å². The van der Waals surface area contributed by atoms with Gasteiger partial charge in [0.05, 0.1) is 0 Å². The Morgan fingerprint density at radius 2 is 2.06 bits per heavy atom. The first kappa shape index (κ1) is 13.7. The lowest BCUT2D eigenvalue weighted by Gasteiger charge is -2.43. The van der Waals surface area contributed by atoms with E-state index in [0.29, 0.717) is 13.0 Å². The molecule has 0 aliphatic carbocycles. The average molecular weight is 238 g/mol. The van der Waals surface area contributed by atoms with Crippen molar-refractivity contribution in [2.24, 2.45) is 0 Å². The number of carbonyl (C=O) groups excluding carboxylic acids is 2. The molecule has 2 amide bonds. The summed E-state index contributed by atoms with van der Waals surface area (Å²) in [6.45, 7) is 7.98. The van der Waals surface area contributed by atoms with Gasteiger partial charge in [-0.15, -0.1) is 0 Å². The number of hydrogen-bond acceptors (Lipinski definition) is 2. The third-order valence-electron chi connectivity index (χ3n) is 3.20. The smallest absolute Gasteiger partial charge is 0.246 e. The summed E-state index contributed by atoms with van der Waals surface area (Å²) in [5.41, 5.74) is -0.763. The molecule has 4 nitrogen and oxygen atoms in total. The Bertz CT molecular complexity index is 334. The van der Waals surface area contributed by atoms with E-state index < -0.39 is 5.54 Å². The van der Waals surface area contributed by atoms with Gasteiger partial charge in [0.1, 0.15) is 11.6 Å². The van der Waals surface area contributed by atoms with E-state index in [1.165, 1.54) is 0 Å². The van der Waals surface area contributed by atoms with E-state index in [2.05, 4.69) is 5.32 Å². The van der Waals surface area contributed by atoms with Crippen LogP contribution in [0.3, 0.4) is 0 Å². The zero-order valence-electron chi connectivity index (χ0n) is 11.1. The molecule has 0 aromatic rings. The van der Waals surface area contributed by atoms with Gasteiger partial charge in [0.25, 0.3) is 0 Å². The summed E-state index contributed by atoms with van der Waals surface area (Å²) >= 11 is 0. The van der Waals surface area contributed by atoms with Crippen molar-refractivity contribution in [3.63, 3.8) is 0 Å². The fourth-order valence-electron chi connectivity index (χ4n) is 2.00. The van der Waals surface area contributed by atoms with Gasteiger partial charge in [-0.1, -0.05) is 25.5 Å². The molecule has 1 atom stereocenters. The number of piperazine rings is 1. The van der Waals surface area contributed by atoms with Crippen LogP contribution >= 0.6 is 0 Å². The number of hydrogen-bond donors (Lipinski definition) is 1. The molecular weight excluding hydrogens is 216 g/mol. The molecule has 17 heavy (non-hydrogen) atoms. The van der Waals surface area contributed by atoms with E-state index in [-0.39, 0.29) is 17.9 Å². The predicted molar refractivity (Wildman–Crippen MR) is 67.4 cm³/mol. The minimum Gasteiger partial charge on any atom is -0.342 e. The monoisotopic (exact) mass is 238 g/mol. The molecule has 0 aromatic heterocycles. The molecule has 0 spiro atoms. The molecule has 1 rings (SSSR count). The van der Waals surface area contributed by atoms with E-state index in [9.17, 15) is 9.59 Å². The summed E-state index contributed by atoms with van der Waals surface area (Å²) < 4.78 is 0. The van der Waals surface area contributed by atoms with Crippen molar-refractivity contribution >= 4 is 11.8 Å². The number of nitrogens with one attached hydrogen (secondary N) is 1. The van der Waals surface area contributed by atoms with Gasteiger partial charge < -0.3 is 10.2 Å². The van der Waals surface area contributed by atoms with Crippen LogP contribution in [0.5, 0.6) is 0 Å². The van der Waals surface area contributed by atoms with Crippen LogP contribution in [0.15, 0.2) is 12.2 Å². The first-order valence-electron chi connectivity index (χ1n) is 6.18. The van der Waals surface area contributed by atoms with Crippen molar-refractivity contribution in [1.29, 1.82) is 0 Å². The number of carbonyl (C=O) groups is 2. The Balaban J connectivity index is 2.93. The molecule has 0 aromatic carbocycles. The van der Waals surface area contributed by atoms with Gasteiger partial charge >= 0.3 is 0 Å². The molecule has 1 aliphatic rings. The average Bonchev–Trinajstić information content (AvgIpc) is 2.26. The van der Waals surface area contributed by atoms with Crippen LogP contribution in [0, 0.1) is 0 Å². The Morgan fingerprint density at radius 3 is 2.59 bits per heavy atom. The Labute approximate surface area is 103 Å². The third kappa shape index (κ3) is 2.68. The third-order valence-corrected chi connectivity index (χ3v) is 3.20. The molecule has 1 saturated heterocycles. The van der Waals surface area contributed by atoms with E-state index in [4.69, 9.17) is 0 Å². The molecule has 0 saturated carbocycles. The van der Waals surface area contributed by atoms with E-state index in [0.717, 1.165) is 6.42 Å². The lowest BCUT2D eigenvalue weighted by Crippen LogP contribution is -2.68. The SMILES string of the molecule is C/C=C/CN1C(=O)C(CCC)NC(=O)C1(C)C. The number of nitrogens with zero attached hydrogens (tertiary/aromatic N) is 1. The summed E-state index contributed by atoms with van der Waals surface area (Å²) in [6, 6.07) is -0.356. The Hall–Kier alpha value is -1.32. The first-order valence-corrected chi connectivity index (χ1v) is 6.18. The van der Waals surface area contributed by atoms with E-state index >= 15 is 0 Å². The maximum absolute atomic E-state index is 12.3. The second-order valence-corrected chi connectivity index (χ2v) is 4.89. The lowest BCUT2D eigenvalue weighted by atomic mass is 9.94. The van der Waals surface area contributed by atoms with Crippen LogP contribution in [0.4, 0.5) is 0 Å². The molecule has 1 heterocycles. The Kier molecular flexibility index (Phi) is 4.32. The van der Waals surface area contributed by atoms with Gasteiger partial charge in [0, 0.05) is 6.54 Å². The zero-order chi connectivity index (χ0) is 13.1. The topological polar surface area (TPSA) is 49.4 Å². The highest BCUT2D eigenvalue weighted by molar-refractivity contribution is 5.99. The Morgan fingerprint density at radius 1 is 1.41 bits per heavy atom. The van der Waals surface area contributed by atoms with Crippen molar-refractivity contribution in [1.82, 2.24) is 10.2 Å². The van der Waals surface area contributed by atoms with E-state index in [1.54, 1.807) is 18.7 Å². The molecule has 1 fully saturated rings. The van der Waals surface area contributed by atoms with Crippen molar-refractivity contribution in [3.8, 4) is 0 Å².